The summed E-state index contributed by atoms with van der Waals surface area (Å²) in [4.78, 5) is 3.67. The van der Waals surface area contributed by atoms with Crippen LogP contribution >= 0.6 is 0 Å². The summed E-state index contributed by atoms with van der Waals surface area (Å²) in [6, 6.07) is -0.816. The molecule has 98 valence electrons. The molecular weight excluding hydrogens is 263 g/mol. The largest absolute Gasteiger partial charge is 0.402 e. The number of H-pyrrole nitrogens is 1. The second-order valence-electron chi connectivity index (χ2n) is 3.15. The zero-order chi connectivity index (χ0) is 13.1. The van der Waals surface area contributed by atoms with Gasteiger partial charge in [-0.15, -0.1) is 0 Å². The average Bonchev–Trinajstić information content (AvgIpc) is 2.66. The lowest BCUT2D eigenvalue weighted by molar-refractivity contribution is -0.121. The first-order valence-corrected chi connectivity index (χ1v) is 5.87. The molecule has 0 saturated heterocycles. The van der Waals surface area contributed by atoms with Crippen LogP contribution in [0.2, 0.25) is 0 Å². The Morgan fingerprint density at radius 2 is 2.18 bits per heavy atom. The van der Waals surface area contributed by atoms with Crippen molar-refractivity contribution in [3.8, 4) is 0 Å². The van der Waals surface area contributed by atoms with Crippen LogP contribution in [0.1, 0.15) is 18.8 Å². The minimum atomic E-state index is -4.61. The van der Waals surface area contributed by atoms with Gasteiger partial charge in [0.25, 0.3) is 10.2 Å². The lowest BCUT2D eigenvalue weighted by atomic mass is 10.3. The molecule has 1 unspecified atom stereocenters. The van der Waals surface area contributed by atoms with Gasteiger partial charge in [-0.25, -0.2) is 4.98 Å². The summed E-state index contributed by atoms with van der Waals surface area (Å²) in [6.45, 7) is -0.223. The molecule has 0 amide bonds. The topological polar surface area (TPSA) is 99.8 Å². The SMILES string of the molecule is CC(NS(=O)(=O)NCC(F)(F)F)c1ncn[nH]1. The Morgan fingerprint density at radius 1 is 1.53 bits per heavy atom. The summed E-state index contributed by atoms with van der Waals surface area (Å²) >= 11 is 0. The molecule has 11 heteroatoms. The number of rotatable bonds is 5. The number of halogens is 3. The molecule has 1 rings (SSSR count). The highest BCUT2D eigenvalue weighted by atomic mass is 32.2. The summed E-state index contributed by atoms with van der Waals surface area (Å²) in [5.41, 5.74) is 0. The molecule has 7 nitrogen and oxygen atoms in total. The van der Waals surface area contributed by atoms with Crippen LogP contribution in [0, 0.1) is 0 Å². The van der Waals surface area contributed by atoms with E-state index in [-0.39, 0.29) is 5.82 Å². The van der Waals surface area contributed by atoms with Crippen molar-refractivity contribution in [2.45, 2.75) is 19.1 Å². The molecule has 17 heavy (non-hydrogen) atoms. The number of nitrogens with zero attached hydrogens (tertiary/aromatic N) is 2. The van der Waals surface area contributed by atoms with Gasteiger partial charge in [-0.1, -0.05) is 0 Å². The van der Waals surface area contributed by atoms with Crippen molar-refractivity contribution in [3.63, 3.8) is 0 Å². The summed E-state index contributed by atoms with van der Waals surface area (Å²) in [5, 5.41) is 5.88. The summed E-state index contributed by atoms with van der Waals surface area (Å²) < 4.78 is 61.2. The van der Waals surface area contributed by atoms with Crippen LogP contribution in [0.25, 0.3) is 0 Å². The fraction of sp³-hybridized carbons (Fsp3) is 0.667. The maximum atomic E-state index is 11.8. The Bertz CT molecular complexity index is 443. The van der Waals surface area contributed by atoms with E-state index in [0.717, 1.165) is 6.33 Å². The molecule has 0 aliphatic carbocycles. The molecule has 0 radical (unpaired) electrons. The minimum absolute atomic E-state index is 0.197. The standard InChI is InChI=1S/C6H10F3N5O2S/c1-4(5-10-3-11-13-5)14-17(15,16)12-2-6(7,8)9/h3-4,12,14H,2H2,1H3,(H,10,11,13). The Kier molecular flexibility index (Phi) is 4.06. The zero-order valence-electron chi connectivity index (χ0n) is 8.61. The number of hydrogen-bond acceptors (Lipinski definition) is 4. The third kappa shape index (κ3) is 5.10. The first kappa shape index (κ1) is 13.9. The van der Waals surface area contributed by atoms with Crippen molar-refractivity contribution >= 4 is 10.2 Å². The highest BCUT2D eigenvalue weighted by molar-refractivity contribution is 7.87. The summed E-state index contributed by atoms with van der Waals surface area (Å²) in [6.07, 6.45) is -3.45. The predicted molar refractivity (Wildman–Crippen MR) is 50.9 cm³/mol. The predicted octanol–water partition coefficient (Wildman–Crippen LogP) is -0.148. The van der Waals surface area contributed by atoms with Crippen LogP contribution < -0.4 is 9.44 Å². The van der Waals surface area contributed by atoms with Gasteiger partial charge in [-0.2, -0.15) is 36.1 Å². The Labute approximate surface area is 95.0 Å². The summed E-state index contributed by atoms with van der Waals surface area (Å²) in [5.74, 6) is 0.197. The molecule has 0 aromatic carbocycles. The molecule has 1 heterocycles. The van der Waals surface area contributed by atoms with Crippen molar-refractivity contribution < 1.29 is 21.6 Å². The van der Waals surface area contributed by atoms with E-state index in [0.29, 0.717) is 0 Å². The number of hydrogen-bond donors (Lipinski definition) is 3. The van der Waals surface area contributed by atoms with Gasteiger partial charge in [-0.05, 0) is 6.92 Å². The second-order valence-corrected chi connectivity index (χ2v) is 4.68. The van der Waals surface area contributed by atoms with Gasteiger partial charge in [-0.3, -0.25) is 5.10 Å². The van der Waals surface area contributed by atoms with Gasteiger partial charge in [0.2, 0.25) is 0 Å². The molecule has 0 spiro atoms. The first-order valence-electron chi connectivity index (χ1n) is 4.38. The highest BCUT2D eigenvalue weighted by Crippen LogP contribution is 2.13. The molecule has 1 atom stereocenters. The van der Waals surface area contributed by atoms with Crippen LogP contribution in [0.3, 0.4) is 0 Å². The van der Waals surface area contributed by atoms with Crippen molar-refractivity contribution in [1.29, 1.82) is 0 Å². The van der Waals surface area contributed by atoms with Gasteiger partial charge in [0.1, 0.15) is 18.7 Å². The molecule has 1 aromatic heterocycles. The normalized spacial score (nSPS) is 14.8. The van der Waals surface area contributed by atoms with E-state index in [1.807, 2.05) is 4.72 Å². The molecule has 0 fully saturated rings. The molecule has 0 aliphatic heterocycles. The van der Waals surface area contributed by atoms with E-state index in [1.165, 1.54) is 11.6 Å². The molecule has 0 saturated carbocycles. The number of aromatic amines is 1. The maximum Gasteiger partial charge on any atom is 0.402 e. The van der Waals surface area contributed by atoms with Crippen LogP contribution in [0.15, 0.2) is 6.33 Å². The van der Waals surface area contributed by atoms with E-state index in [4.69, 9.17) is 0 Å². The number of nitrogens with one attached hydrogen (secondary N) is 3. The Morgan fingerprint density at radius 3 is 2.65 bits per heavy atom. The Balaban J connectivity index is 2.55. The van der Waals surface area contributed by atoms with Crippen molar-refractivity contribution in [2.75, 3.05) is 6.54 Å². The zero-order valence-corrected chi connectivity index (χ0v) is 9.43. The van der Waals surface area contributed by atoms with Crippen LogP contribution in [0.4, 0.5) is 13.2 Å². The molecular formula is C6H10F3N5O2S. The maximum absolute atomic E-state index is 11.8. The van der Waals surface area contributed by atoms with Gasteiger partial charge < -0.3 is 0 Å². The molecule has 1 aromatic rings. The third-order valence-electron chi connectivity index (χ3n) is 1.64. The molecule has 0 bridgehead atoms. The van der Waals surface area contributed by atoms with E-state index < -0.39 is 29.0 Å². The van der Waals surface area contributed by atoms with Crippen LogP contribution in [-0.4, -0.2) is 36.3 Å². The van der Waals surface area contributed by atoms with Crippen molar-refractivity contribution in [3.05, 3.63) is 12.2 Å². The molecule has 0 aliphatic rings. The average molecular weight is 273 g/mol. The number of alkyl halides is 3. The third-order valence-corrected chi connectivity index (χ3v) is 2.83. The second kappa shape index (κ2) is 4.98. The monoisotopic (exact) mass is 273 g/mol. The fourth-order valence-electron chi connectivity index (χ4n) is 0.931. The van der Waals surface area contributed by atoms with Gasteiger partial charge in [0.05, 0.1) is 6.04 Å². The van der Waals surface area contributed by atoms with Crippen molar-refractivity contribution in [2.24, 2.45) is 0 Å². The smallest absolute Gasteiger partial charge is 0.262 e. The van der Waals surface area contributed by atoms with Crippen LogP contribution in [0.5, 0.6) is 0 Å². The Hall–Kier alpha value is -1.20. The van der Waals surface area contributed by atoms with E-state index in [9.17, 15) is 21.6 Å². The van der Waals surface area contributed by atoms with E-state index >= 15 is 0 Å². The van der Waals surface area contributed by atoms with Crippen molar-refractivity contribution in [1.82, 2.24) is 24.6 Å². The van der Waals surface area contributed by atoms with Gasteiger partial charge in [0, 0.05) is 0 Å². The van der Waals surface area contributed by atoms with E-state index in [1.54, 1.807) is 0 Å². The lowest BCUT2D eigenvalue weighted by Gasteiger charge is -2.13. The number of aromatic nitrogens is 3. The quantitative estimate of drug-likeness (QED) is 0.694. The first-order chi connectivity index (χ1) is 7.70. The minimum Gasteiger partial charge on any atom is -0.262 e. The van der Waals surface area contributed by atoms with E-state index in [2.05, 4.69) is 15.2 Å². The molecule has 3 N–H and O–H groups in total. The fourth-order valence-corrected chi connectivity index (χ4v) is 1.94. The lowest BCUT2D eigenvalue weighted by Crippen LogP contribution is -2.42. The van der Waals surface area contributed by atoms with Gasteiger partial charge >= 0.3 is 6.18 Å². The van der Waals surface area contributed by atoms with Gasteiger partial charge in [0.15, 0.2) is 0 Å². The highest BCUT2D eigenvalue weighted by Gasteiger charge is 2.30. The summed E-state index contributed by atoms with van der Waals surface area (Å²) in [7, 11) is -4.25. The van der Waals surface area contributed by atoms with Crippen LogP contribution in [-0.2, 0) is 10.2 Å².